The smallest absolute Gasteiger partial charge is 0.0894 e. The number of ether oxygens (including phenoxy) is 2. The van der Waals surface area contributed by atoms with E-state index in [4.69, 9.17) is 9.47 Å². The normalized spacial score (nSPS) is 17.3. The zero-order valence-corrected chi connectivity index (χ0v) is 8.14. The van der Waals surface area contributed by atoms with Crippen molar-refractivity contribution in [3.63, 3.8) is 0 Å². The minimum atomic E-state index is -0.180. The molecule has 0 saturated carbocycles. The predicted octanol–water partition coefficient (Wildman–Crippen LogP) is 2.18. The van der Waals surface area contributed by atoms with Gasteiger partial charge in [-0.3, -0.25) is 4.39 Å². The number of hydrogen-bond donors (Lipinski definition) is 0. The maximum absolute atomic E-state index is 11.7. The number of alkyl halides is 1. The largest absolute Gasteiger partial charge is 0.381 e. The van der Waals surface area contributed by atoms with Crippen LogP contribution < -0.4 is 0 Å². The molecule has 0 aromatic carbocycles. The van der Waals surface area contributed by atoms with E-state index in [1.165, 1.54) is 0 Å². The van der Waals surface area contributed by atoms with E-state index in [9.17, 15) is 4.39 Å². The number of rotatable bonds is 8. The molecule has 0 aliphatic carbocycles. The van der Waals surface area contributed by atoms with Gasteiger partial charge in [-0.2, -0.15) is 0 Å². The lowest BCUT2D eigenvalue weighted by Crippen LogP contribution is -2.31. The van der Waals surface area contributed by atoms with Gasteiger partial charge in [0.2, 0.25) is 0 Å². The van der Waals surface area contributed by atoms with Crippen LogP contribution >= 0.6 is 0 Å². The van der Waals surface area contributed by atoms with Gasteiger partial charge in [-0.05, 0) is 12.8 Å². The maximum Gasteiger partial charge on any atom is 0.0894 e. The SMILES string of the molecule is FCCCCCCOCC1COC1. The first-order chi connectivity index (χ1) is 6.43. The standard InChI is InChI=1S/C10H19FO2/c11-5-3-1-2-4-6-12-7-10-8-13-9-10/h10H,1-9H2. The summed E-state index contributed by atoms with van der Waals surface area (Å²) >= 11 is 0. The molecule has 0 bridgehead atoms. The summed E-state index contributed by atoms with van der Waals surface area (Å²) in [5.41, 5.74) is 0. The Bertz CT molecular complexity index is 115. The minimum absolute atomic E-state index is 0.180. The molecular weight excluding hydrogens is 171 g/mol. The Kier molecular flexibility index (Phi) is 6.11. The van der Waals surface area contributed by atoms with Gasteiger partial charge in [0.25, 0.3) is 0 Å². The molecule has 0 atom stereocenters. The lowest BCUT2D eigenvalue weighted by molar-refractivity contribution is -0.0718. The van der Waals surface area contributed by atoms with Gasteiger partial charge in [0.05, 0.1) is 26.5 Å². The fourth-order valence-corrected chi connectivity index (χ4v) is 1.28. The van der Waals surface area contributed by atoms with Crippen molar-refractivity contribution in [2.24, 2.45) is 5.92 Å². The van der Waals surface area contributed by atoms with Crippen molar-refractivity contribution < 1.29 is 13.9 Å². The van der Waals surface area contributed by atoms with Crippen LogP contribution in [0.25, 0.3) is 0 Å². The Morgan fingerprint density at radius 3 is 2.54 bits per heavy atom. The first-order valence-electron chi connectivity index (χ1n) is 5.15. The number of halogens is 1. The van der Waals surface area contributed by atoms with Gasteiger partial charge in [-0.15, -0.1) is 0 Å². The lowest BCUT2D eigenvalue weighted by atomic mass is 10.1. The van der Waals surface area contributed by atoms with Crippen molar-refractivity contribution in [2.75, 3.05) is 33.1 Å². The van der Waals surface area contributed by atoms with Crippen LogP contribution in [-0.2, 0) is 9.47 Å². The fraction of sp³-hybridized carbons (Fsp3) is 1.00. The van der Waals surface area contributed by atoms with Gasteiger partial charge < -0.3 is 9.47 Å². The molecule has 0 radical (unpaired) electrons. The zero-order chi connectivity index (χ0) is 9.36. The Labute approximate surface area is 79.4 Å². The van der Waals surface area contributed by atoms with E-state index < -0.39 is 0 Å². The van der Waals surface area contributed by atoms with Crippen LogP contribution in [0.15, 0.2) is 0 Å². The molecule has 78 valence electrons. The average Bonchev–Trinajstić information content (AvgIpc) is 2.07. The van der Waals surface area contributed by atoms with E-state index in [0.717, 1.165) is 45.7 Å². The van der Waals surface area contributed by atoms with Crippen LogP contribution in [-0.4, -0.2) is 33.1 Å². The topological polar surface area (TPSA) is 18.5 Å². The highest BCUT2D eigenvalue weighted by Gasteiger charge is 2.17. The molecule has 1 saturated heterocycles. The van der Waals surface area contributed by atoms with E-state index in [2.05, 4.69) is 0 Å². The van der Waals surface area contributed by atoms with Crippen LogP contribution in [0.2, 0.25) is 0 Å². The first-order valence-corrected chi connectivity index (χ1v) is 5.15. The summed E-state index contributed by atoms with van der Waals surface area (Å²) in [7, 11) is 0. The monoisotopic (exact) mass is 190 g/mol. The van der Waals surface area contributed by atoms with E-state index in [1.807, 2.05) is 0 Å². The molecule has 3 heteroatoms. The summed E-state index contributed by atoms with van der Waals surface area (Å²) < 4.78 is 22.1. The molecule has 0 N–H and O–H groups in total. The van der Waals surface area contributed by atoms with Crippen LogP contribution in [0, 0.1) is 5.92 Å². The molecule has 0 spiro atoms. The summed E-state index contributed by atoms with van der Waals surface area (Å²) in [6.07, 6.45) is 3.85. The molecule has 0 amide bonds. The Hall–Kier alpha value is -0.150. The number of unbranched alkanes of at least 4 members (excludes halogenated alkanes) is 3. The van der Waals surface area contributed by atoms with Crippen molar-refractivity contribution in [3.8, 4) is 0 Å². The third kappa shape index (κ3) is 5.21. The second-order valence-corrected chi connectivity index (χ2v) is 3.58. The highest BCUT2D eigenvalue weighted by molar-refractivity contribution is 4.63. The molecule has 0 aromatic heterocycles. The van der Waals surface area contributed by atoms with Gasteiger partial charge in [-0.1, -0.05) is 12.8 Å². The quantitative estimate of drug-likeness (QED) is 0.546. The van der Waals surface area contributed by atoms with Crippen LogP contribution in [0.4, 0.5) is 4.39 Å². The molecule has 1 aliphatic rings. The molecule has 1 aliphatic heterocycles. The summed E-state index contributed by atoms with van der Waals surface area (Å²) in [4.78, 5) is 0. The third-order valence-corrected chi connectivity index (χ3v) is 2.23. The van der Waals surface area contributed by atoms with Crippen LogP contribution in [0.1, 0.15) is 25.7 Å². The van der Waals surface area contributed by atoms with Crippen LogP contribution in [0.3, 0.4) is 0 Å². The summed E-state index contributed by atoms with van der Waals surface area (Å²) in [5.74, 6) is 0.630. The lowest BCUT2D eigenvalue weighted by Gasteiger charge is -2.25. The predicted molar refractivity (Wildman–Crippen MR) is 49.6 cm³/mol. The van der Waals surface area contributed by atoms with Crippen molar-refractivity contribution >= 4 is 0 Å². The van der Waals surface area contributed by atoms with E-state index in [-0.39, 0.29) is 6.67 Å². The second kappa shape index (κ2) is 7.27. The van der Waals surface area contributed by atoms with E-state index in [1.54, 1.807) is 0 Å². The molecule has 0 unspecified atom stereocenters. The summed E-state index contributed by atoms with van der Waals surface area (Å²) in [6.45, 7) is 3.20. The number of hydrogen-bond acceptors (Lipinski definition) is 2. The molecule has 2 nitrogen and oxygen atoms in total. The Morgan fingerprint density at radius 2 is 1.92 bits per heavy atom. The Morgan fingerprint density at radius 1 is 1.15 bits per heavy atom. The van der Waals surface area contributed by atoms with E-state index in [0.29, 0.717) is 12.3 Å². The van der Waals surface area contributed by atoms with Crippen molar-refractivity contribution in [3.05, 3.63) is 0 Å². The second-order valence-electron chi connectivity index (χ2n) is 3.58. The fourth-order valence-electron chi connectivity index (χ4n) is 1.28. The van der Waals surface area contributed by atoms with Crippen molar-refractivity contribution in [1.29, 1.82) is 0 Å². The highest BCUT2D eigenvalue weighted by Crippen LogP contribution is 2.10. The molecule has 1 heterocycles. The van der Waals surface area contributed by atoms with Gasteiger partial charge in [0.1, 0.15) is 0 Å². The molecule has 0 aromatic rings. The van der Waals surface area contributed by atoms with Crippen molar-refractivity contribution in [2.45, 2.75) is 25.7 Å². The minimum Gasteiger partial charge on any atom is -0.381 e. The van der Waals surface area contributed by atoms with Gasteiger partial charge in [-0.25, -0.2) is 0 Å². The first kappa shape index (κ1) is 10.9. The Balaban J connectivity index is 1.68. The average molecular weight is 190 g/mol. The summed E-state index contributed by atoms with van der Waals surface area (Å²) in [5, 5.41) is 0. The summed E-state index contributed by atoms with van der Waals surface area (Å²) in [6, 6.07) is 0. The molecular formula is C10H19FO2. The van der Waals surface area contributed by atoms with Gasteiger partial charge in [0.15, 0.2) is 0 Å². The maximum atomic E-state index is 11.7. The molecule has 1 rings (SSSR count). The van der Waals surface area contributed by atoms with E-state index >= 15 is 0 Å². The third-order valence-electron chi connectivity index (χ3n) is 2.23. The highest BCUT2D eigenvalue weighted by atomic mass is 19.1. The van der Waals surface area contributed by atoms with Gasteiger partial charge >= 0.3 is 0 Å². The molecule has 1 fully saturated rings. The van der Waals surface area contributed by atoms with Crippen LogP contribution in [0.5, 0.6) is 0 Å². The van der Waals surface area contributed by atoms with Crippen molar-refractivity contribution in [1.82, 2.24) is 0 Å². The molecule has 13 heavy (non-hydrogen) atoms. The zero-order valence-electron chi connectivity index (χ0n) is 8.14. The van der Waals surface area contributed by atoms with Gasteiger partial charge in [0, 0.05) is 12.5 Å².